The van der Waals surface area contributed by atoms with E-state index < -0.39 is 0 Å². The van der Waals surface area contributed by atoms with Crippen molar-refractivity contribution in [3.8, 4) is 0 Å². The van der Waals surface area contributed by atoms with Gasteiger partial charge in [-0.05, 0) is 46.5 Å². The second kappa shape index (κ2) is 5.46. The van der Waals surface area contributed by atoms with Gasteiger partial charge in [-0.1, -0.05) is 0 Å². The molecule has 0 saturated carbocycles. The average molecular weight is 247 g/mol. The van der Waals surface area contributed by atoms with Gasteiger partial charge in [-0.2, -0.15) is 0 Å². The first-order valence-corrected chi connectivity index (χ1v) is 6.31. The first-order chi connectivity index (χ1) is 8.60. The number of rotatable bonds is 5. The van der Waals surface area contributed by atoms with Crippen molar-refractivity contribution in [2.75, 3.05) is 20.1 Å². The van der Waals surface area contributed by atoms with Gasteiger partial charge in [0.15, 0.2) is 0 Å². The predicted molar refractivity (Wildman–Crippen MR) is 72.5 cm³/mol. The van der Waals surface area contributed by atoms with Gasteiger partial charge in [-0.15, -0.1) is 0 Å². The van der Waals surface area contributed by atoms with Crippen molar-refractivity contribution in [2.24, 2.45) is 5.73 Å². The maximum absolute atomic E-state index is 5.51. The van der Waals surface area contributed by atoms with Crippen LogP contribution in [0, 0.1) is 13.8 Å². The number of fused-ring (bicyclic) bond motifs is 1. The van der Waals surface area contributed by atoms with Gasteiger partial charge in [0.2, 0.25) is 5.78 Å². The third-order valence-corrected chi connectivity index (χ3v) is 2.99. The Bertz CT molecular complexity index is 531. The summed E-state index contributed by atoms with van der Waals surface area (Å²) in [6.07, 6.45) is 3.08. The monoisotopic (exact) mass is 247 g/mol. The van der Waals surface area contributed by atoms with E-state index in [0.29, 0.717) is 0 Å². The fourth-order valence-corrected chi connectivity index (χ4v) is 2.11. The molecule has 0 aliphatic heterocycles. The van der Waals surface area contributed by atoms with E-state index in [9.17, 15) is 0 Å². The molecule has 0 atom stereocenters. The zero-order chi connectivity index (χ0) is 13.1. The molecular weight excluding hydrogens is 226 g/mol. The highest BCUT2D eigenvalue weighted by Crippen LogP contribution is 2.09. The van der Waals surface area contributed by atoms with Gasteiger partial charge < -0.3 is 10.6 Å². The molecule has 0 aliphatic rings. The molecule has 2 aromatic rings. The summed E-state index contributed by atoms with van der Waals surface area (Å²) in [7, 11) is 2.09. The lowest BCUT2D eigenvalue weighted by molar-refractivity contribution is 0.321. The molecule has 0 spiro atoms. The summed E-state index contributed by atoms with van der Waals surface area (Å²) in [5.41, 5.74) is 8.74. The lowest BCUT2D eigenvalue weighted by atomic mass is 10.3. The summed E-state index contributed by atoms with van der Waals surface area (Å²) >= 11 is 0. The second-order valence-electron chi connectivity index (χ2n) is 4.82. The van der Waals surface area contributed by atoms with E-state index >= 15 is 0 Å². The van der Waals surface area contributed by atoms with E-state index in [4.69, 9.17) is 5.73 Å². The smallest absolute Gasteiger partial charge is 0.234 e. The second-order valence-corrected chi connectivity index (χ2v) is 4.82. The highest BCUT2D eigenvalue weighted by atomic mass is 15.1. The number of aryl methyl sites for hydroxylation is 2. The summed E-state index contributed by atoms with van der Waals surface area (Å²) in [5, 5.41) is 0. The molecule has 98 valence electrons. The van der Waals surface area contributed by atoms with Crippen LogP contribution in [0.1, 0.15) is 23.5 Å². The molecule has 0 radical (unpaired) electrons. The fourth-order valence-electron chi connectivity index (χ4n) is 2.11. The maximum atomic E-state index is 5.51. The zero-order valence-corrected chi connectivity index (χ0v) is 11.3. The van der Waals surface area contributed by atoms with Gasteiger partial charge in [-0.25, -0.2) is 9.97 Å². The number of nitrogens with two attached hydrogens (primary N) is 1. The molecule has 5 nitrogen and oxygen atoms in total. The van der Waals surface area contributed by atoms with E-state index in [1.165, 1.54) is 5.69 Å². The highest BCUT2D eigenvalue weighted by molar-refractivity contribution is 5.34. The van der Waals surface area contributed by atoms with Gasteiger partial charge in [-0.3, -0.25) is 4.40 Å². The third-order valence-electron chi connectivity index (χ3n) is 2.99. The first-order valence-electron chi connectivity index (χ1n) is 6.31. The molecule has 0 saturated heterocycles. The van der Waals surface area contributed by atoms with Gasteiger partial charge in [0.1, 0.15) is 0 Å². The molecule has 2 heterocycles. The summed E-state index contributed by atoms with van der Waals surface area (Å²) in [5.74, 6) is 0.787. The van der Waals surface area contributed by atoms with Crippen LogP contribution in [0.2, 0.25) is 0 Å². The van der Waals surface area contributed by atoms with E-state index in [1.54, 1.807) is 0 Å². The number of aromatic nitrogens is 3. The minimum Gasteiger partial charge on any atom is -0.330 e. The Morgan fingerprint density at radius 3 is 2.83 bits per heavy atom. The Balaban J connectivity index is 2.17. The van der Waals surface area contributed by atoms with Gasteiger partial charge in [0, 0.05) is 24.1 Å². The van der Waals surface area contributed by atoms with Crippen LogP contribution in [0.15, 0.2) is 12.3 Å². The summed E-state index contributed by atoms with van der Waals surface area (Å²) < 4.78 is 2.04. The van der Waals surface area contributed by atoms with Crippen molar-refractivity contribution in [1.29, 1.82) is 0 Å². The highest BCUT2D eigenvalue weighted by Gasteiger charge is 2.07. The summed E-state index contributed by atoms with van der Waals surface area (Å²) in [4.78, 5) is 11.2. The van der Waals surface area contributed by atoms with Crippen molar-refractivity contribution in [3.05, 3.63) is 29.3 Å². The Labute approximate surface area is 108 Å². The van der Waals surface area contributed by atoms with Gasteiger partial charge in [0.25, 0.3) is 0 Å². The van der Waals surface area contributed by atoms with Crippen LogP contribution in [-0.4, -0.2) is 39.4 Å². The topological polar surface area (TPSA) is 59.5 Å². The van der Waals surface area contributed by atoms with Gasteiger partial charge in [0.05, 0.1) is 5.69 Å². The van der Waals surface area contributed by atoms with Crippen molar-refractivity contribution in [2.45, 2.75) is 26.8 Å². The molecular formula is C13H21N5. The Morgan fingerprint density at radius 2 is 2.11 bits per heavy atom. The molecule has 2 N–H and O–H groups in total. The molecule has 0 aliphatic carbocycles. The molecule has 0 aromatic carbocycles. The van der Waals surface area contributed by atoms with Crippen LogP contribution in [0.4, 0.5) is 0 Å². The molecule has 0 fully saturated rings. The fraction of sp³-hybridized carbons (Fsp3) is 0.538. The number of nitrogens with zero attached hydrogens (tertiary/aromatic N) is 4. The number of hydrogen-bond acceptors (Lipinski definition) is 4. The molecule has 2 aromatic heterocycles. The Hall–Kier alpha value is -1.46. The normalized spacial score (nSPS) is 11.6. The summed E-state index contributed by atoms with van der Waals surface area (Å²) in [6.45, 7) is 6.63. The predicted octanol–water partition coefficient (Wildman–Crippen LogP) is 1.13. The van der Waals surface area contributed by atoms with Crippen LogP contribution >= 0.6 is 0 Å². The summed E-state index contributed by atoms with van der Waals surface area (Å²) in [6, 6.07) is 2.07. The Morgan fingerprint density at radius 1 is 1.33 bits per heavy atom. The van der Waals surface area contributed by atoms with Crippen molar-refractivity contribution in [1.82, 2.24) is 19.3 Å². The van der Waals surface area contributed by atoms with Crippen molar-refractivity contribution < 1.29 is 0 Å². The van der Waals surface area contributed by atoms with E-state index in [2.05, 4.69) is 41.1 Å². The average Bonchev–Trinajstić information content (AvgIpc) is 2.69. The Kier molecular flexibility index (Phi) is 3.93. The van der Waals surface area contributed by atoms with E-state index in [-0.39, 0.29) is 0 Å². The van der Waals surface area contributed by atoms with Crippen molar-refractivity contribution in [3.63, 3.8) is 0 Å². The van der Waals surface area contributed by atoms with Crippen LogP contribution in [-0.2, 0) is 6.54 Å². The van der Waals surface area contributed by atoms with E-state index in [1.807, 2.05) is 11.3 Å². The van der Waals surface area contributed by atoms with Crippen LogP contribution in [0.3, 0.4) is 0 Å². The largest absolute Gasteiger partial charge is 0.330 e. The minimum absolute atomic E-state index is 0.732. The van der Waals surface area contributed by atoms with Gasteiger partial charge >= 0.3 is 0 Å². The lowest BCUT2D eigenvalue weighted by Gasteiger charge is -2.13. The zero-order valence-electron chi connectivity index (χ0n) is 11.3. The standard InChI is InChI=1S/C13H21N5/c1-10-7-11(2)18-9-12(16-13(18)15-10)8-17(3)6-4-5-14/h7,9H,4-6,8,14H2,1-3H3. The molecule has 0 unspecified atom stereocenters. The van der Waals surface area contributed by atoms with Crippen LogP contribution in [0.25, 0.3) is 5.78 Å². The molecule has 0 bridgehead atoms. The van der Waals surface area contributed by atoms with Crippen LogP contribution in [0.5, 0.6) is 0 Å². The molecule has 0 amide bonds. The van der Waals surface area contributed by atoms with Crippen molar-refractivity contribution >= 4 is 5.78 Å². The first kappa shape index (κ1) is 13.0. The SMILES string of the molecule is Cc1cc(C)n2cc(CN(C)CCCN)nc2n1. The molecule has 18 heavy (non-hydrogen) atoms. The van der Waals surface area contributed by atoms with E-state index in [0.717, 1.165) is 43.2 Å². The quantitative estimate of drug-likeness (QED) is 0.860. The number of hydrogen-bond donors (Lipinski definition) is 1. The molecule has 5 heteroatoms. The lowest BCUT2D eigenvalue weighted by Crippen LogP contribution is -2.21. The number of imidazole rings is 1. The third kappa shape index (κ3) is 2.86. The molecule has 2 rings (SSSR count). The minimum atomic E-state index is 0.732. The van der Waals surface area contributed by atoms with Crippen LogP contribution < -0.4 is 5.73 Å². The maximum Gasteiger partial charge on any atom is 0.234 e.